The first-order valence-electron chi connectivity index (χ1n) is 10.4. The van der Waals surface area contributed by atoms with Crippen molar-refractivity contribution in [2.24, 2.45) is 11.8 Å². The minimum Gasteiger partial charge on any atom is -0.481 e. The smallest absolute Gasteiger partial charge is 0.215 e. The fourth-order valence-electron chi connectivity index (χ4n) is 4.49. The highest BCUT2D eigenvalue weighted by atomic mass is 35.5. The van der Waals surface area contributed by atoms with E-state index in [1.54, 1.807) is 13.3 Å². The predicted octanol–water partition coefficient (Wildman–Crippen LogP) is 5.05. The third kappa shape index (κ3) is 4.38. The van der Waals surface area contributed by atoms with Crippen molar-refractivity contribution < 1.29 is 4.74 Å². The summed E-state index contributed by atoms with van der Waals surface area (Å²) in [6, 6.07) is 11.2. The van der Waals surface area contributed by atoms with Crippen LogP contribution in [0.4, 0.5) is 11.4 Å². The quantitative estimate of drug-likeness (QED) is 0.703. The molecular formula is C23H30ClN3O. The molecule has 5 heteroatoms. The van der Waals surface area contributed by atoms with Crippen LogP contribution in [-0.4, -0.2) is 38.3 Å². The van der Waals surface area contributed by atoms with Gasteiger partial charge in [-0.2, -0.15) is 0 Å². The number of hydrogen-bond donors (Lipinski definition) is 0. The van der Waals surface area contributed by atoms with Gasteiger partial charge in [-0.1, -0.05) is 30.7 Å². The molecule has 150 valence electrons. The summed E-state index contributed by atoms with van der Waals surface area (Å²) in [5.74, 6) is 2.17. The average molecular weight is 400 g/mol. The number of hydrogen-bond acceptors (Lipinski definition) is 4. The first kappa shape index (κ1) is 19.4. The summed E-state index contributed by atoms with van der Waals surface area (Å²) in [4.78, 5) is 9.05. The largest absolute Gasteiger partial charge is 0.481 e. The Hall–Kier alpha value is -1.94. The number of aromatic nitrogens is 1. The maximum Gasteiger partial charge on any atom is 0.215 e. The van der Waals surface area contributed by atoms with Gasteiger partial charge in [-0.25, -0.2) is 4.98 Å². The number of benzene rings is 1. The predicted molar refractivity (Wildman–Crippen MR) is 117 cm³/mol. The Balaban J connectivity index is 1.32. The Labute approximate surface area is 173 Å². The van der Waals surface area contributed by atoms with Gasteiger partial charge in [-0.3, -0.25) is 0 Å². The second-order valence-corrected chi connectivity index (χ2v) is 8.73. The van der Waals surface area contributed by atoms with Crippen molar-refractivity contribution in [2.75, 3.05) is 43.1 Å². The van der Waals surface area contributed by atoms with E-state index in [4.69, 9.17) is 16.3 Å². The highest BCUT2D eigenvalue weighted by molar-refractivity contribution is 6.33. The van der Waals surface area contributed by atoms with E-state index in [0.717, 1.165) is 37.0 Å². The monoisotopic (exact) mass is 399 g/mol. The maximum atomic E-state index is 6.37. The summed E-state index contributed by atoms with van der Waals surface area (Å²) in [7, 11) is 1.64. The van der Waals surface area contributed by atoms with Crippen molar-refractivity contribution >= 4 is 23.0 Å². The van der Waals surface area contributed by atoms with Crippen LogP contribution in [0.2, 0.25) is 5.02 Å². The molecule has 2 aliphatic heterocycles. The zero-order valence-electron chi connectivity index (χ0n) is 16.9. The number of pyridine rings is 1. The molecule has 0 saturated carbocycles. The van der Waals surface area contributed by atoms with E-state index in [1.165, 1.54) is 43.6 Å². The van der Waals surface area contributed by atoms with Crippen molar-refractivity contribution in [1.82, 2.24) is 4.98 Å². The summed E-state index contributed by atoms with van der Waals surface area (Å²) in [6.45, 7) is 6.79. The van der Waals surface area contributed by atoms with E-state index in [2.05, 4.69) is 46.0 Å². The molecule has 2 fully saturated rings. The molecule has 4 rings (SSSR count). The van der Waals surface area contributed by atoms with Crippen molar-refractivity contribution in [1.29, 1.82) is 0 Å². The second kappa shape index (κ2) is 8.60. The minimum atomic E-state index is 0.619. The molecular weight excluding hydrogens is 370 g/mol. The van der Waals surface area contributed by atoms with Crippen LogP contribution in [0.25, 0.3) is 0 Å². The number of ether oxygens (including phenoxy) is 1. The Bertz CT molecular complexity index is 787. The molecule has 2 saturated heterocycles. The van der Waals surface area contributed by atoms with E-state index in [9.17, 15) is 0 Å². The topological polar surface area (TPSA) is 28.6 Å². The van der Waals surface area contributed by atoms with Crippen LogP contribution in [0.5, 0.6) is 5.88 Å². The maximum absolute atomic E-state index is 6.37. The fourth-order valence-corrected chi connectivity index (χ4v) is 4.71. The summed E-state index contributed by atoms with van der Waals surface area (Å²) < 4.78 is 5.25. The zero-order chi connectivity index (χ0) is 19.5. The summed E-state index contributed by atoms with van der Waals surface area (Å²) in [5, 5.41) is 0.700. The van der Waals surface area contributed by atoms with Gasteiger partial charge in [-0.15, -0.1) is 0 Å². The average Bonchev–Trinajstić information content (AvgIpc) is 3.16. The van der Waals surface area contributed by atoms with Crippen LogP contribution in [0.1, 0.15) is 31.7 Å². The molecule has 0 radical (unpaired) electrons. The number of halogens is 1. The molecule has 2 aliphatic rings. The first-order valence-corrected chi connectivity index (χ1v) is 10.8. The van der Waals surface area contributed by atoms with Crippen molar-refractivity contribution in [3.63, 3.8) is 0 Å². The number of piperidine rings is 1. The van der Waals surface area contributed by atoms with Gasteiger partial charge in [0.25, 0.3) is 0 Å². The van der Waals surface area contributed by atoms with Crippen molar-refractivity contribution in [2.45, 2.75) is 32.6 Å². The minimum absolute atomic E-state index is 0.619. The van der Waals surface area contributed by atoms with Crippen LogP contribution >= 0.6 is 11.6 Å². The van der Waals surface area contributed by atoms with Crippen LogP contribution < -0.4 is 14.5 Å². The molecule has 4 nitrogen and oxygen atoms in total. The molecule has 28 heavy (non-hydrogen) atoms. The Kier molecular flexibility index (Phi) is 5.96. The molecule has 0 aliphatic carbocycles. The fraction of sp³-hybridized carbons (Fsp3) is 0.522. The van der Waals surface area contributed by atoms with Crippen LogP contribution in [0.15, 0.2) is 36.5 Å². The molecule has 1 atom stereocenters. The molecule has 1 aromatic carbocycles. The number of nitrogens with zero attached hydrogens (tertiary/aromatic N) is 3. The standard InChI is InChI=1S/C23H30ClN3O/c1-17-7-10-27(16-17)20-5-3-18(4-6-20)13-19-8-11-26(12-9-19)22-14-23(28-2)25-15-21(22)24/h3-6,14-15,17,19H,7-13,16H2,1-2H3. The number of rotatable bonds is 5. The zero-order valence-corrected chi connectivity index (χ0v) is 17.7. The third-order valence-electron chi connectivity index (χ3n) is 6.22. The van der Waals surface area contributed by atoms with Crippen molar-refractivity contribution in [3.05, 3.63) is 47.1 Å². The van der Waals surface area contributed by atoms with E-state index >= 15 is 0 Å². The van der Waals surface area contributed by atoms with E-state index in [1.807, 2.05) is 6.07 Å². The summed E-state index contributed by atoms with van der Waals surface area (Å²) >= 11 is 6.37. The lowest BCUT2D eigenvalue weighted by Gasteiger charge is -2.34. The molecule has 0 amide bonds. The van der Waals surface area contributed by atoms with Gasteiger partial charge in [-0.05, 0) is 55.2 Å². The van der Waals surface area contributed by atoms with Gasteiger partial charge in [0.05, 0.1) is 24.0 Å². The summed E-state index contributed by atoms with van der Waals surface area (Å²) in [6.07, 6.45) is 6.54. The molecule has 1 aromatic heterocycles. The number of methoxy groups -OCH3 is 1. The molecule has 1 unspecified atom stereocenters. The Morgan fingerprint density at radius 3 is 2.43 bits per heavy atom. The lowest BCUT2D eigenvalue weighted by molar-refractivity contribution is 0.393. The Morgan fingerprint density at radius 1 is 1.07 bits per heavy atom. The lowest BCUT2D eigenvalue weighted by atomic mass is 9.90. The molecule has 2 aromatic rings. The molecule has 0 N–H and O–H groups in total. The van der Waals surface area contributed by atoms with Gasteiger partial charge in [0, 0.05) is 37.9 Å². The highest BCUT2D eigenvalue weighted by Crippen LogP contribution is 2.32. The van der Waals surface area contributed by atoms with Gasteiger partial charge >= 0.3 is 0 Å². The second-order valence-electron chi connectivity index (χ2n) is 8.32. The SMILES string of the molecule is COc1cc(N2CCC(Cc3ccc(N4CCC(C)C4)cc3)CC2)c(Cl)cn1. The normalized spacial score (nSPS) is 20.6. The van der Waals surface area contributed by atoms with Gasteiger partial charge in [0.15, 0.2) is 0 Å². The van der Waals surface area contributed by atoms with Crippen LogP contribution in [-0.2, 0) is 6.42 Å². The van der Waals surface area contributed by atoms with E-state index in [-0.39, 0.29) is 0 Å². The van der Waals surface area contributed by atoms with E-state index in [0.29, 0.717) is 10.9 Å². The number of anilines is 2. The molecule has 3 heterocycles. The summed E-state index contributed by atoms with van der Waals surface area (Å²) in [5.41, 5.74) is 3.87. The molecule has 0 spiro atoms. The Morgan fingerprint density at radius 2 is 1.79 bits per heavy atom. The molecule has 0 bridgehead atoms. The van der Waals surface area contributed by atoms with E-state index < -0.39 is 0 Å². The van der Waals surface area contributed by atoms with Gasteiger partial charge in [0.2, 0.25) is 5.88 Å². The van der Waals surface area contributed by atoms with Crippen LogP contribution in [0.3, 0.4) is 0 Å². The van der Waals surface area contributed by atoms with Gasteiger partial charge < -0.3 is 14.5 Å². The highest BCUT2D eigenvalue weighted by Gasteiger charge is 2.22. The van der Waals surface area contributed by atoms with Crippen molar-refractivity contribution in [3.8, 4) is 5.88 Å². The van der Waals surface area contributed by atoms with Crippen LogP contribution in [0, 0.1) is 11.8 Å². The first-order chi connectivity index (χ1) is 13.6. The van der Waals surface area contributed by atoms with Gasteiger partial charge in [0.1, 0.15) is 0 Å². The third-order valence-corrected chi connectivity index (χ3v) is 6.52. The lowest BCUT2D eigenvalue weighted by Crippen LogP contribution is -2.34.